The van der Waals surface area contributed by atoms with Crippen molar-refractivity contribution in [1.82, 2.24) is 0 Å². The van der Waals surface area contributed by atoms with Gasteiger partial charge in [0.25, 0.3) is 0 Å². The van der Waals surface area contributed by atoms with Crippen molar-refractivity contribution in [1.29, 1.82) is 0 Å². The van der Waals surface area contributed by atoms with Gasteiger partial charge in [0.05, 0.1) is 17.9 Å². The summed E-state index contributed by atoms with van der Waals surface area (Å²) in [5, 5.41) is 8.78. The third-order valence-electron chi connectivity index (χ3n) is 7.83. The van der Waals surface area contributed by atoms with E-state index in [1.165, 1.54) is 95.6 Å². The van der Waals surface area contributed by atoms with Crippen LogP contribution in [0.3, 0.4) is 0 Å². The minimum Gasteiger partial charge on any atom is -0.462 e. The van der Waals surface area contributed by atoms with E-state index in [2.05, 4.69) is 48.0 Å². The quantitative estimate of drug-likeness (QED) is 0.0670. The van der Waals surface area contributed by atoms with Crippen LogP contribution in [-0.4, -0.2) is 25.7 Å². The van der Waals surface area contributed by atoms with E-state index in [9.17, 15) is 4.79 Å². The molecule has 42 heavy (non-hydrogen) atoms. The molecule has 2 aromatic rings. The number of carbonyl (C=O) groups is 1. The summed E-state index contributed by atoms with van der Waals surface area (Å²) in [4.78, 5) is 15.1. The predicted molar refractivity (Wildman–Crippen MR) is 180 cm³/mol. The van der Waals surface area contributed by atoms with Gasteiger partial charge in [0.2, 0.25) is 0 Å². The summed E-state index contributed by atoms with van der Waals surface area (Å²) >= 11 is 0. The molecular formula is C37H59N3O2. The molecule has 5 heteroatoms. The molecule has 5 nitrogen and oxygen atoms in total. The zero-order valence-electron chi connectivity index (χ0n) is 27.1. The van der Waals surface area contributed by atoms with Crippen molar-refractivity contribution < 1.29 is 9.53 Å². The van der Waals surface area contributed by atoms with E-state index in [1.54, 1.807) is 6.07 Å². The predicted octanol–water partition coefficient (Wildman–Crippen LogP) is 12.1. The molecule has 0 spiro atoms. The van der Waals surface area contributed by atoms with Gasteiger partial charge in [-0.2, -0.15) is 5.11 Å². The molecule has 0 N–H and O–H groups in total. The highest BCUT2D eigenvalue weighted by Gasteiger charge is 2.12. The molecule has 0 fully saturated rings. The molecule has 0 aliphatic rings. The highest BCUT2D eigenvalue weighted by atomic mass is 16.5. The van der Waals surface area contributed by atoms with E-state index in [-0.39, 0.29) is 5.97 Å². The van der Waals surface area contributed by atoms with Crippen LogP contribution in [0.25, 0.3) is 0 Å². The van der Waals surface area contributed by atoms with Crippen LogP contribution in [0.5, 0.6) is 0 Å². The number of hydrogen-bond donors (Lipinski definition) is 0. The second kappa shape index (κ2) is 23.8. The van der Waals surface area contributed by atoms with Crippen LogP contribution >= 0.6 is 0 Å². The van der Waals surface area contributed by atoms with Crippen LogP contribution in [0.1, 0.15) is 147 Å². The van der Waals surface area contributed by atoms with E-state index >= 15 is 0 Å². The van der Waals surface area contributed by atoms with Crippen LogP contribution in [-0.2, 0) is 4.74 Å². The molecular weight excluding hydrogens is 518 g/mol. The Balaban J connectivity index is 1.60. The number of rotatable bonds is 25. The maximum atomic E-state index is 12.8. The van der Waals surface area contributed by atoms with Crippen molar-refractivity contribution in [3.05, 3.63) is 54.1 Å². The zero-order chi connectivity index (χ0) is 30.1. The highest BCUT2D eigenvalue weighted by molar-refractivity contribution is 5.94. The monoisotopic (exact) mass is 577 g/mol. The molecule has 0 atom stereocenters. The number of nitrogens with zero attached hydrogens (tertiary/aromatic N) is 3. The molecule has 0 aliphatic carbocycles. The maximum absolute atomic E-state index is 12.8. The van der Waals surface area contributed by atoms with Crippen LogP contribution < -0.4 is 4.90 Å². The summed E-state index contributed by atoms with van der Waals surface area (Å²) in [7, 11) is 0. The lowest BCUT2D eigenvalue weighted by Gasteiger charge is -2.23. The molecule has 0 heterocycles. The summed E-state index contributed by atoms with van der Waals surface area (Å²) in [5.74, 6) is -0.323. The second-order valence-corrected chi connectivity index (χ2v) is 11.7. The van der Waals surface area contributed by atoms with Gasteiger partial charge in [0.15, 0.2) is 0 Å². The normalized spacial score (nSPS) is 11.3. The Morgan fingerprint density at radius 3 is 1.62 bits per heavy atom. The number of ether oxygens (including phenoxy) is 1. The second-order valence-electron chi connectivity index (χ2n) is 11.7. The fourth-order valence-corrected chi connectivity index (χ4v) is 5.38. The minimum atomic E-state index is -0.323. The summed E-state index contributed by atoms with van der Waals surface area (Å²) in [6, 6.07) is 15.4. The van der Waals surface area contributed by atoms with Gasteiger partial charge in [-0.05, 0) is 55.7 Å². The largest absolute Gasteiger partial charge is 0.462 e. The molecule has 0 bridgehead atoms. The first-order valence-corrected chi connectivity index (χ1v) is 17.2. The summed E-state index contributed by atoms with van der Waals surface area (Å²) < 4.78 is 5.58. The van der Waals surface area contributed by atoms with E-state index < -0.39 is 0 Å². The summed E-state index contributed by atoms with van der Waals surface area (Å²) in [6.07, 6.45) is 23.5. The number of esters is 1. The minimum absolute atomic E-state index is 0.323. The SMILES string of the molecule is CCCCCCCCCCCCCCCCCCOC(=O)c1ccccc1/N=N/c1ccc(N(CCC)CCC)cc1. The average molecular weight is 578 g/mol. The van der Waals surface area contributed by atoms with Gasteiger partial charge < -0.3 is 9.64 Å². The average Bonchev–Trinajstić information content (AvgIpc) is 3.01. The molecule has 234 valence electrons. The van der Waals surface area contributed by atoms with Gasteiger partial charge in [0, 0.05) is 18.8 Å². The number of benzene rings is 2. The Labute approximate surface area is 257 Å². The van der Waals surface area contributed by atoms with Crippen molar-refractivity contribution >= 4 is 23.0 Å². The molecule has 0 amide bonds. The number of unbranched alkanes of at least 4 members (excludes halogenated alkanes) is 15. The number of carbonyl (C=O) groups excluding carboxylic acids is 1. The smallest absolute Gasteiger partial charge is 0.340 e. The van der Waals surface area contributed by atoms with E-state index in [0.29, 0.717) is 17.9 Å². The Morgan fingerprint density at radius 1 is 0.595 bits per heavy atom. The summed E-state index contributed by atoms with van der Waals surface area (Å²) in [5.41, 5.74) is 2.97. The van der Waals surface area contributed by atoms with E-state index in [0.717, 1.165) is 44.5 Å². The summed E-state index contributed by atoms with van der Waals surface area (Å²) in [6.45, 7) is 9.23. The van der Waals surface area contributed by atoms with Crippen LogP contribution in [0, 0.1) is 0 Å². The standard InChI is InChI=1S/C37H59N3O2/c1-4-7-8-9-10-11-12-13-14-15-16-17-18-19-20-23-32-42-37(41)35-24-21-22-25-36(35)39-38-33-26-28-34(29-27-33)40(30-5-2)31-6-3/h21-22,24-29H,4-20,23,30-32H2,1-3H3/b39-38+. The van der Waals surface area contributed by atoms with E-state index in [4.69, 9.17) is 4.74 Å². The first-order valence-electron chi connectivity index (χ1n) is 17.2. The first kappa shape index (κ1) is 35.5. The van der Waals surface area contributed by atoms with Crippen LogP contribution in [0.4, 0.5) is 17.1 Å². The van der Waals surface area contributed by atoms with Gasteiger partial charge in [-0.3, -0.25) is 0 Å². The van der Waals surface area contributed by atoms with Crippen molar-refractivity contribution in [3.8, 4) is 0 Å². The van der Waals surface area contributed by atoms with Crippen molar-refractivity contribution in [2.75, 3.05) is 24.6 Å². The zero-order valence-corrected chi connectivity index (χ0v) is 27.1. The Hall–Kier alpha value is -2.69. The van der Waals surface area contributed by atoms with Gasteiger partial charge in [-0.1, -0.05) is 129 Å². The fourth-order valence-electron chi connectivity index (χ4n) is 5.38. The Morgan fingerprint density at radius 2 is 1.10 bits per heavy atom. The topological polar surface area (TPSA) is 54.3 Å². The molecule has 0 saturated heterocycles. The lowest BCUT2D eigenvalue weighted by Crippen LogP contribution is -2.24. The van der Waals surface area contributed by atoms with Gasteiger partial charge in [-0.25, -0.2) is 4.79 Å². The third-order valence-corrected chi connectivity index (χ3v) is 7.83. The van der Waals surface area contributed by atoms with Crippen LogP contribution in [0.2, 0.25) is 0 Å². The van der Waals surface area contributed by atoms with E-state index in [1.807, 2.05) is 30.3 Å². The molecule has 2 rings (SSSR count). The highest BCUT2D eigenvalue weighted by Crippen LogP contribution is 2.25. The molecule has 0 aromatic heterocycles. The van der Waals surface area contributed by atoms with Crippen LogP contribution in [0.15, 0.2) is 58.8 Å². The molecule has 0 aliphatic heterocycles. The number of hydrogen-bond acceptors (Lipinski definition) is 5. The number of anilines is 1. The first-order chi connectivity index (χ1) is 20.7. The molecule has 0 unspecified atom stereocenters. The molecule has 0 radical (unpaired) electrons. The third kappa shape index (κ3) is 15.5. The fraction of sp³-hybridized carbons (Fsp3) is 0.649. The number of azo groups is 1. The molecule has 0 saturated carbocycles. The Kier molecular flexibility index (Phi) is 20.1. The maximum Gasteiger partial charge on any atom is 0.340 e. The Bertz CT molecular complexity index is 967. The van der Waals surface area contributed by atoms with Gasteiger partial charge in [0.1, 0.15) is 5.69 Å². The van der Waals surface area contributed by atoms with Crippen molar-refractivity contribution in [2.45, 2.75) is 136 Å². The van der Waals surface area contributed by atoms with Crippen molar-refractivity contribution in [2.24, 2.45) is 10.2 Å². The lowest BCUT2D eigenvalue weighted by molar-refractivity contribution is 0.0498. The molecule has 2 aromatic carbocycles. The van der Waals surface area contributed by atoms with Gasteiger partial charge in [-0.15, -0.1) is 5.11 Å². The van der Waals surface area contributed by atoms with Gasteiger partial charge >= 0.3 is 5.97 Å². The lowest BCUT2D eigenvalue weighted by atomic mass is 10.0. The van der Waals surface area contributed by atoms with Crippen molar-refractivity contribution in [3.63, 3.8) is 0 Å².